The Morgan fingerprint density at radius 1 is 1.24 bits per heavy atom. The molecular formula is C14H21N3O3S. The molecule has 1 aromatic rings. The van der Waals surface area contributed by atoms with E-state index in [0.717, 1.165) is 35.8 Å². The van der Waals surface area contributed by atoms with E-state index in [1.54, 1.807) is 30.0 Å². The maximum absolute atomic E-state index is 12.6. The van der Waals surface area contributed by atoms with Gasteiger partial charge in [-0.1, -0.05) is 12.1 Å². The number of nitrogens with zero attached hydrogens (tertiary/aromatic N) is 2. The number of para-hydroxylation sites is 1. The number of likely N-dealkylation sites (tertiary alicyclic amines) is 1. The van der Waals surface area contributed by atoms with Crippen LogP contribution in [0.3, 0.4) is 0 Å². The van der Waals surface area contributed by atoms with Crippen molar-refractivity contribution in [1.29, 1.82) is 0 Å². The summed E-state index contributed by atoms with van der Waals surface area (Å²) in [6, 6.07) is 5.22. The summed E-state index contributed by atoms with van der Waals surface area (Å²) in [5, 5.41) is 0. The second-order valence-electron chi connectivity index (χ2n) is 5.39. The van der Waals surface area contributed by atoms with E-state index in [1.165, 1.54) is 14.1 Å². The van der Waals surface area contributed by atoms with Gasteiger partial charge >= 0.3 is 10.2 Å². The highest BCUT2D eigenvalue weighted by molar-refractivity contribution is 7.90. The summed E-state index contributed by atoms with van der Waals surface area (Å²) in [5.41, 5.74) is 1.50. The van der Waals surface area contributed by atoms with Crippen LogP contribution in [-0.4, -0.2) is 50.7 Å². The molecule has 1 aliphatic rings. The summed E-state index contributed by atoms with van der Waals surface area (Å²) < 4.78 is 27.7. The summed E-state index contributed by atoms with van der Waals surface area (Å²) in [6.07, 6.45) is 1.99. The highest BCUT2D eigenvalue weighted by Gasteiger charge is 2.25. The number of hydrogen-bond acceptors (Lipinski definition) is 3. The SMILES string of the molecule is Cc1cccc(C(=O)N2CCCC2)c1NS(=O)(=O)N(C)C. The zero-order valence-corrected chi connectivity index (χ0v) is 13.4. The number of carbonyl (C=O) groups excluding carboxylic acids is 1. The average Bonchev–Trinajstić information content (AvgIpc) is 2.94. The van der Waals surface area contributed by atoms with E-state index in [4.69, 9.17) is 0 Å². The van der Waals surface area contributed by atoms with Crippen molar-refractivity contribution in [3.63, 3.8) is 0 Å². The molecule has 0 aliphatic carbocycles. The van der Waals surface area contributed by atoms with Crippen LogP contribution in [0, 0.1) is 6.92 Å². The second kappa shape index (κ2) is 6.03. The van der Waals surface area contributed by atoms with Gasteiger partial charge in [0.1, 0.15) is 0 Å². The molecular weight excluding hydrogens is 290 g/mol. The van der Waals surface area contributed by atoms with Crippen molar-refractivity contribution in [3.05, 3.63) is 29.3 Å². The van der Waals surface area contributed by atoms with Crippen molar-refractivity contribution in [2.45, 2.75) is 19.8 Å². The molecule has 0 bridgehead atoms. The van der Waals surface area contributed by atoms with Crippen molar-refractivity contribution in [2.75, 3.05) is 31.9 Å². The van der Waals surface area contributed by atoms with Crippen molar-refractivity contribution < 1.29 is 13.2 Å². The maximum atomic E-state index is 12.6. The van der Waals surface area contributed by atoms with Crippen LogP contribution in [0.1, 0.15) is 28.8 Å². The molecule has 7 heteroatoms. The Hall–Kier alpha value is -1.60. The lowest BCUT2D eigenvalue weighted by Gasteiger charge is -2.21. The molecule has 0 atom stereocenters. The van der Waals surface area contributed by atoms with Crippen LogP contribution in [0.2, 0.25) is 0 Å². The normalized spacial score (nSPS) is 15.5. The van der Waals surface area contributed by atoms with Gasteiger partial charge in [-0.2, -0.15) is 12.7 Å². The Balaban J connectivity index is 2.39. The van der Waals surface area contributed by atoms with Gasteiger partial charge in [-0.25, -0.2) is 0 Å². The van der Waals surface area contributed by atoms with Crippen molar-refractivity contribution in [2.24, 2.45) is 0 Å². The fraction of sp³-hybridized carbons (Fsp3) is 0.500. The summed E-state index contributed by atoms with van der Waals surface area (Å²) in [7, 11) is -0.747. The van der Waals surface area contributed by atoms with E-state index in [9.17, 15) is 13.2 Å². The highest BCUT2D eigenvalue weighted by atomic mass is 32.2. The first-order valence-electron chi connectivity index (χ1n) is 6.92. The predicted molar refractivity (Wildman–Crippen MR) is 82.5 cm³/mol. The Morgan fingerprint density at radius 3 is 2.43 bits per heavy atom. The van der Waals surface area contributed by atoms with Crippen molar-refractivity contribution in [1.82, 2.24) is 9.21 Å². The van der Waals surface area contributed by atoms with Gasteiger partial charge in [-0.05, 0) is 31.4 Å². The Labute approximate surface area is 125 Å². The molecule has 0 radical (unpaired) electrons. The molecule has 0 aromatic heterocycles. The van der Waals surface area contributed by atoms with E-state index in [0.29, 0.717) is 11.3 Å². The average molecular weight is 311 g/mol. The van der Waals surface area contributed by atoms with Crippen LogP contribution in [-0.2, 0) is 10.2 Å². The van der Waals surface area contributed by atoms with Crippen molar-refractivity contribution in [3.8, 4) is 0 Å². The van der Waals surface area contributed by atoms with Crippen LogP contribution in [0.25, 0.3) is 0 Å². The minimum absolute atomic E-state index is 0.118. The van der Waals surface area contributed by atoms with Crippen LogP contribution in [0.5, 0.6) is 0 Å². The van der Waals surface area contributed by atoms with Crippen LogP contribution >= 0.6 is 0 Å². The van der Waals surface area contributed by atoms with Gasteiger partial charge in [-0.15, -0.1) is 0 Å². The number of hydrogen-bond donors (Lipinski definition) is 1. The molecule has 1 fully saturated rings. The smallest absolute Gasteiger partial charge is 0.301 e. The van der Waals surface area contributed by atoms with Gasteiger partial charge in [0, 0.05) is 27.2 Å². The summed E-state index contributed by atoms with van der Waals surface area (Å²) >= 11 is 0. The number of anilines is 1. The first-order chi connectivity index (χ1) is 9.83. The first-order valence-corrected chi connectivity index (χ1v) is 8.36. The minimum atomic E-state index is -3.64. The standard InChI is InChI=1S/C14H21N3O3S/c1-11-7-6-8-12(14(18)17-9-4-5-10-17)13(11)15-21(19,20)16(2)3/h6-8,15H,4-5,9-10H2,1-3H3. The lowest BCUT2D eigenvalue weighted by molar-refractivity contribution is 0.0794. The van der Waals surface area contributed by atoms with E-state index in [1.807, 2.05) is 0 Å². The van der Waals surface area contributed by atoms with E-state index in [2.05, 4.69) is 4.72 Å². The minimum Gasteiger partial charge on any atom is -0.339 e. The molecule has 116 valence electrons. The number of nitrogens with one attached hydrogen (secondary N) is 1. The van der Waals surface area contributed by atoms with Gasteiger partial charge < -0.3 is 4.90 Å². The van der Waals surface area contributed by atoms with Crippen LogP contribution in [0.15, 0.2) is 18.2 Å². The Bertz CT molecular complexity index is 635. The highest BCUT2D eigenvalue weighted by Crippen LogP contribution is 2.25. The molecule has 0 unspecified atom stereocenters. The molecule has 6 nitrogen and oxygen atoms in total. The third-order valence-electron chi connectivity index (χ3n) is 3.61. The van der Waals surface area contributed by atoms with Gasteiger partial charge in [0.15, 0.2) is 0 Å². The monoisotopic (exact) mass is 311 g/mol. The van der Waals surface area contributed by atoms with Gasteiger partial charge in [0.25, 0.3) is 5.91 Å². The zero-order valence-electron chi connectivity index (χ0n) is 12.6. The molecule has 1 saturated heterocycles. The third kappa shape index (κ3) is 3.36. The zero-order chi connectivity index (χ0) is 15.6. The van der Waals surface area contributed by atoms with Gasteiger partial charge in [0.2, 0.25) is 0 Å². The van der Waals surface area contributed by atoms with Crippen LogP contribution < -0.4 is 4.72 Å². The lowest BCUT2D eigenvalue weighted by atomic mass is 10.1. The summed E-state index contributed by atoms with van der Waals surface area (Å²) in [6.45, 7) is 3.24. The van der Waals surface area contributed by atoms with Crippen molar-refractivity contribution >= 4 is 21.8 Å². The third-order valence-corrected chi connectivity index (χ3v) is 5.03. The van der Waals surface area contributed by atoms with Crippen LogP contribution in [0.4, 0.5) is 5.69 Å². The summed E-state index contributed by atoms with van der Waals surface area (Å²) in [4.78, 5) is 14.3. The molecule has 1 amide bonds. The molecule has 0 saturated carbocycles. The molecule has 1 aliphatic heterocycles. The number of rotatable bonds is 4. The predicted octanol–water partition coefficient (Wildman–Crippen LogP) is 1.45. The largest absolute Gasteiger partial charge is 0.339 e. The fourth-order valence-electron chi connectivity index (χ4n) is 2.29. The fourth-order valence-corrected chi connectivity index (χ4v) is 3.00. The second-order valence-corrected chi connectivity index (χ2v) is 7.27. The Kier molecular flexibility index (Phi) is 4.53. The number of aryl methyl sites for hydroxylation is 1. The molecule has 0 spiro atoms. The van der Waals surface area contributed by atoms with E-state index >= 15 is 0 Å². The lowest BCUT2D eigenvalue weighted by Crippen LogP contribution is -2.32. The van der Waals surface area contributed by atoms with Gasteiger partial charge in [0.05, 0.1) is 11.3 Å². The molecule has 21 heavy (non-hydrogen) atoms. The number of benzene rings is 1. The Morgan fingerprint density at radius 2 is 1.86 bits per heavy atom. The number of carbonyl (C=O) groups is 1. The van der Waals surface area contributed by atoms with E-state index < -0.39 is 10.2 Å². The quantitative estimate of drug-likeness (QED) is 0.915. The molecule has 1 N–H and O–H groups in total. The summed E-state index contributed by atoms with van der Waals surface area (Å²) in [5.74, 6) is -0.118. The topological polar surface area (TPSA) is 69.7 Å². The van der Waals surface area contributed by atoms with E-state index in [-0.39, 0.29) is 5.91 Å². The van der Waals surface area contributed by atoms with Gasteiger partial charge in [-0.3, -0.25) is 9.52 Å². The first kappa shape index (κ1) is 15.8. The maximum Gasteiger partial charge on any atom is 0.301 e. The molecule has 1 heterocycles. The number of amides is 1. The molecule has 1 aromatic carbocycles. The molecule has 2 rings (SSSR count).